The van der Waals surface area contributed by atoms with E-state index in [9.17, 15) is 9.65 Å². The molecule has 1 aliphatic carbocycles. The van der Waals surface area contributed by atoms with E-state index in [4.69, 9.17) is 0 Å². The molecule has 18 heavy (non-hydrogen) atoms. The van der Waals surface area contributed by atoms with Crippen molar-refractivity contribution in [3.05, 3.63) is 34.1 Å². The second-order valence-corrected chi connectivity index (χ2v) is 6.07. The van der Waals surface area contributed by atoms with Gasteiger partial charge in [-0.1, -0.05) is 47.7 Å². The van der Waals surface area contributed by atoms with Gasteiger partial charge in [0.05, 0.1) is 11.5 Å². The highest BCUT2D eigenvalue weighted by molar-refractivity contribution is 9.10. The molecule has 1 aliphatic rings. The summed E-state index contributed by atoms with van der Waals surface area (Å²) in [5.74, 6) is -0.238. The molecule has 1 aromatic carbocycles. The van der Waals surface area contributed by atoms with Gasteiger partial charge in [-0.15, -0.1) is 0 Å². The van der Waals surface area contributed by atoms with Crippen molar-refractivity contribution in [2.75, 3.05) is 0 Å². The Kier molecular flexibility index (Phi) is 4.40. The highest BCUT2D eigenvalue weighted by Crippen LogP contribution is 2.38. The summed E-state index contributed by atoms with van der Waals surface area (Å²) in [5.41, 5.74) is 0.788. The van der Waals surface area contributed by atoms with Crippen LogP contribution >= 0.6 is 15.9 Å². The van der Waals surface area contributed by atoms with Crippen LogP contribution in [0.2, 0.25) is 0 Å². The van der Waals surface area contributed by atoms with E-state index >= 15 is 0 Å². The molecule has 1 fully saturated rings. The topological polar surface area (TPSA) is 23.8 Å². The highest BCUT2D eigenvalue weighted by Gasteiger charge is 2.31. The number of hydrogen-bond donors (Lipinski definition) is 0. The normalized spacial score (nSPS) is 18.9. The molecule has 1 nitrogen and oxygen atoms in total. The van der Waals surface area contributed by atoms with Crippen LogP contribution in [-0.2, 0) is 6.42 Å². The SMILES string of the molecule is N#CC1(Cc2ccc(F)cc2Br)CCCCCC1. The van der Waals surface area contributed by atoms with E-state index in [-0.39, 0.29) is 11.2 Å². The van der Waals surface area contributed by atoms with Crippen LogP contribution in [0.5, 0.6) is 0 Å². The molecule has 0 bridgehead atoms. The van der Waals surface area contributed by atoms with E-state index < -0.39 is 0 Å². The second-order valence-electron chi connectivity index (χ2n) is 5.22. The number of nitrogens with zero attached hydrogens (tertiary/aromatic N) is 1. The lowest BCUT2D eigenvalue weighted by Crippen LogP contribution is -2.21. The zero-order valence-corrected chi connectivity index (χ0v) is 12.0. The second kappa shape index (κ2) is 5.84. The van der Waals surface area contributed by atoms with Crippen LogP contribution in [-0.4, -0.2) is 0 Å². The molecule has 2 rings (SSSR count). The molecule has 0 radical (unpaired) electrons. The average molecular weight is 310 g/mol. The fraction of sp³-hybridized carbons (Fsp3) is 0.533. The number of halogens is 2. The Morgan fingerprint density at radius 3 is 2.44 bits per heavy atom. The Labute approximate surface area is 116 Å². The van der Waals surface area contributed by atoms with E-state index in [1.807, 2.05) is 0 Å². The van der Waals surface area contributed by atoms with Gasteiger partial charge < -0.3 is 0 Å². The Bertz CT molecular complexity index is 456. The number of nitriles is 1. The molecule has 0 unspecified atom stereocenters. The minimum absolute atomic E-state index is 0.238. The first-order valence-electron chi connectivity index (χ1n) is 6.50. The molecule has 0 aromatic heterocycles. The molecule has 0 N–H and O–H groups in total. The number of rotatable bonds is 2. The summed E-state index contributed by atoms with van der Waals surface area (Å²) in [6.45, 7) is 0. The van der Waals surface area contributed by atoms with Gasteiger partial charge in [0.15, 0.2) is 0 Å². The molecule has 0 atom stereocenters. The third kappa shape index (κ3) is 3.11. The lowest BCUT2D eigenvalue weighted by atomic mass is 9.77. The largest absolute Gasteiger partial charge is 0.207 e. The number of hydrogen-bond acceptors (Lipinski definition) is 1. The van der Waals surface area contributed by atoms with E-state index in [0.29, 0.717) is 0 Å². The molecule has 0 heterocycles. The van der Waals surface area contributed by atoms with Crippen molar-refractivity contribution in [2.24, 2.45) is 5.41 Å². The zero-order chi connectivity index (χ0) is 13.0. The molecule has 0 amide bonds. The molecule has 3 heteroatoms. The molecule has 1 aromatic rings. The number of benzene rings is 1. The predicted octanol–water partition coefficient (Wildman–Crippen LogP) is 4.99. The van der Waals surface area contributed by atoms with Crippen molar-refractivity contribution in [2.45, 2.75) is 44.9 Å². The highest BCUT2D eigenvalue weighted by atomic mass is 79.9. The molecule has 1 saturated carbocycles. The summed E-state index contributed by atoms with van der Waals surface area (Å²) in [6, 6.07) is 7.29. The lowest BCUT2D eigenvalue weighted by molar-refractivity contribution is 0.338. The van der Waals surface area contributed by atoms with Crippen LogP contribution in [0.1, 0.15) is 44.1 Å². The van der Waals surface area contributed by atoms with Gasteiger partial charge in [-0.05, 0) is 37.0 Å². The molecule has 96 valence electrons. The first-order chi connectivity index (χ1) is 8.65. The van der Waals surface area contributed by atoms with Gasteiger partial charge in [-0.25, -0.2) is 4.39 Å². The van der Waals surface area contributed by atoms with Gasteiger partial charge in [-0.3, -0.25) is 0 Å². The van der Waals surface area contributed by atoms with E-state index in [0.717, 1.165) is 42.1 Å². The van der Waals surface area contributed by atoms with E-state index in [2.05, 4.69) is 22.0 Å². The van der Waals surface area contributed by atoms with Gasteiger partial charge in [0.1, 0.15) is 5.82 Å². The average Bonchev–Trinajstić information content (AvgIpc) is 2.59. The zero-order valence-electron chi connectivity index (χ0n) is 10.4. The standard InChI is InChI=1S/C15H17BrFN/c16-14-9-13(17)6-5-12(14)10-15(11-18)7-3-1-2-4-8-15/h5-6,9H,1-4,7-8,10H2. The minimum atomic E-state index is -0.253. The lowest BCUT2D eigenvalue weighted by Gasteiger charge is -2.25. The van der Waals surface area contributed by atoms with E-state index in [1.54, 1.807) is 6.07 Å². The summed E-state index contributed by atoms with van der Waals surface area (Å²) >= 11 is 3.40. The van der Waals surface area contributed by atoms with Crippen molar-refractivity contribution >= 4 is 15.9 Å². The Hall–Kier alpha value is -0.880. The maximum Gasteiger partial charge on any atom is 0.124 e. The van der Waals surface area contributed by atoms with E-state index in [1.165, 1.54) is 25.0 Å². The molecular formula is C15H17BrFN. The van der Waals surface area contributed by atoms with Crippen molar-refractivity contribution in [1.82, 2.24) is 0 Å². The monoisotopic (exact) mass is 309 g/mol. The van der Waals surface area contributed by atoms with Crippen LogP contribution in [0.15, 0.2) is 22.7 Å². The quantitative estimate of drug-likeness (QED) is 0.706. The predicted molar refractivity (Wildman–Crippen MR) is 73.6 cm³/mol. The third-order valence-corrected chi connectivity index (χ3v) is 4.58. The summed E-state index contributed by atoms with van der Waals surface area (Å²) in [6.07, 6.45) is 7.38. The van der Waals surface area contributed by atoms with Gasteiger partial charge in [-0.2, -0.15) is 5.26 Å². The van der Waals surface area contributed by atoms with Gasteiger partial charge in [0.25, 0.3) is 0 Å². The Morgan fingerprint density at radius 2 is 1.89 bits per heavy atom. The third-order valence-electron chi connectivity index (χ3n) is 3.84. The fourth-order valence-electron chi connectivity index (χ4n) is 2.76. The molecular weight excluding hydrogens is 293 g/mol. The van der Waals surface area contributed by atoms with Gasteiger partial charge in [0.2, 0.25) is 0 Å². The Morgan fingerprint density at radius 1 is 1.22 bits per heavy atom. The van der Waals surface area contributed by atoms with Gasteiger partial charge in [0, 0.05) is 4.47 Å². The maximum atomic E-state index is 13.1. The van der Waals surface area contributed by atoms with Crippen LogP contribution in [0.25, 0.3) is 0 Å². The summed E-state index contributed by atoms with van der Waals surface area (Å²) < 4.78 is 13.9. The van der Waals surface area contributed by atoms with Crippen molar-refractivity contribution in [3.63, 3.8) is 0 Å². The van der Waals surface area contributed by atoms with Crippen LogP contribution in [0, 0.1) is 22.6 Å². The summed E-state index contributed by atoms with van der Waals surface area (Å²) in [7, 11) is 0. The first kappa shape index (κ1) is 13.5. The van der Waals surface area contributed by atoms with Gasteiger partial charge >= 0.3 is 0 Å². The van der Waals surface area contributed by atoms with Crippen molar-refractivity contribution in [3.8, 4) is 6.07 Å². The van der Waals surface area contributed by atoms with Crippen LogP contribution < -0.4 is 0 Å². The molecule has 0 spiro atoms. The van der Waals surface area contributed by atoms with Crippen molar-refractivity contribution < 1.29 is 4.39 Å². The summed E-state index contributed by atoms with van der Waals surface area (Å²) in [4.78, 5) is 0. The van der Waals surface area contributed by atoms with Crippen LogP contribution in [0.4, 0.5) is 4.39 Å². The first-order valence-corrected chi connectivity index (χ1v) is 7.30. The maximum absolute atomic E-state index is 13.1. The molecule has 0 saturated heterocycles. The fourth-order valence-corrected chi connectivity index (χ4v) is 3.25. The smallest absolute Gasteiger partial charge is 0.124 e. The summed E-state index contributed by atoms with van der Waals surface area (Å²) in [5, 5.41) is 9.53. The van der Waals surface area contributed by atoms with Crippen LogP contribution in [0.3, 0.4) is 0 Å². The Balaban J connectivity index is 2.21. The minimum Gasteiger partial charge on any atom is -0.207 e. The van der Waals surface area contributed by atoms with Crippen molar-refractivity contribution in [1.29, 1.82) is 5.26 Å². The molecule has 0 aliphatic heterocycles.